The SMILES string of the molecule is CCCc1ccc(C(=O)CCc2cccc(C)c2)cc1. The zero-order valence-electron chi connectivity index (χ0n) is 12.4. The van der Waals surface area contributed by atoms with E-state index in [1.165, 1.54) is 16.7 Å². The van der Waals surface area contributed by atoms with E-state index in [0.29, 0.717) is 6.42 Å². The maximum atomic E-state index is 12.2. The van der Waals surface area contributed by atoms with Crippen LogP contribution in [0.4, 0.5) is 0 Å². The second-order valence-corrected chi connectivity index (χ2v) is 5.36. The van der Waals surface area contributed by atoms with E-state index in [2.05, 4.69) is 50.2 Å². The van der Waals surface area contributed by atoms with Crippen LogP contribution in [0.3, 0.4) is 0 Å². The Morgan fingerprint density at radius 3 is 2.35 bits per heavy atom. The van der Waals surface area contributed by atoms with E-state index >= 15 is 0 Å². The first-order valence-corrected chi connectivity index (χ1v) is 7.36. The lowest BCUT2D eigenvalue weighted by molar-refractivity contribution is 0.0983. The fourth-order valence-corrected chi connectivity index (χ4v) is 2.42. The van der Waals surface area contributed by atoms with E-state index in [4.69, 9.17) is 0 Å². The van der Waals surface area contributed by atoms with Crippen molar-refractivity contribution >= 4 is 5.78 Å². The normalized spacial score (nSPS) is 10.5. The minimum absolute atomic E-state index is 0.231. The highest BCUT2D eigenvalue weighted by molar-refractivity contribution is 5.96. The molecule has 0 atom stereocenters. The maximum absolute atomic E-state index is 12.2. The number of carbonyl (C=O) groups excluding carboxylic acids is 1. The van der Waals surface area contributed by atoms with E-state index in [1.807, 2.05) is 12.1 Å². The maximum Gasteiger partial charge on any atom is 0.163 e. The number of carbonyl (C=O) groups is 1. The predicted octanol–water partition coefficient (Wildman–Crippen LogP) is 4.76. The molecule has 0 saturated heterocycles. The van der Waals surface area contributed by atoms with E-state index in [-0.39, 0.29) is 5.78 Å². The van der Waals surface area contributed by atoms with Crippen LogP contribution in [-0.4, -0.2) is 5.78 Å². The van der Waals surface area contributed by atoms with Crippen LogP contribution in [0, 0.1) is 6.92 Å². The van der Waals surface area contributed by atoms with Crippen molar-refractivity contribution in [3.63, 3.8) is 0 Å². The molecule has 0 bridgehead atoms. The summed E-state index contributed by atoms with van der Waals surface area (Å²) in [5.41, 5.74) is 4.63. The number of hydrogen-bond donors (Lipinski definition) is 0. The Labute approximate surface area is 121 Å². The Balaban J connectivity index is 1.94. The van der Waals surface area contributed by atoms with Crippen molar-refractivity contribution in [3.05, 3.63) is 70.8 Å². The van der Waals surface area contributed by atoms with Gasteiger partial charge in [-0.15, -0.1) is 0 Å². The van der Waals surface area contributed by atoms with Crippen molar-refractivity contribution in [2.24, 2.45) is 0 Å². The summed E-state index contributed by atoms with van der Waals surface area (Å²) in [6, 6.07) is 16.4. The van der Waals surface area contributed by atoms with Crippen LogP contribution in [0.2, 0.25) is 0 Å². The van der Waals surface area contributed by atoms with Gasteiger partial charge >= 0.3 is 0 Å². The third-order valence-electron chi connectivity index (χ3n) is 3.54. The Hall–Kier alpha value is -1.89. The molecule has 0 aromatic heterocycles. The molecule has 0 heterocycles. The summed E-state index contributed by atoms with van der Waals surface area (Å²) < 4.78 is 0. The zero-order chi connectivity index (χ0) is 14.4. The van der Waals surface area contributed by atoms with Crippen molar-refractivity contribution in [2.75, 3.05) is 0 Å². The Morgan fingerprint density at radius 1 is 0.950 bits per heavy atom. The van der Waals surface area contributed by atoms with Gasteiger partial charge in [0.1, 0.15) is 0 Å². The van der Waals surface area contributed by atoms with Crippen molar-refractivity contribution in [1.82, 2.24) is 0 Å². The average Bonchev–Trinajstić information content (AvgIpc) is 2.46. The molecule has 0 unspecified atom stereocenters. The molecule has 20 heavy (non-hydrogen) atoms. The van der Waals surface area contributed by atoms with Gasteiger partial charge in [0.2, 0.25) is 0 Å². The summed E-state index contributed by atoms with van der Waals surface area (Å²) in [6.07, 6.45) is 3.62. The van der Waals surface area contributed by atoms with Crippen LogP contribution in [0.25, 0.3) is 0 Å². The summed E-state index contributed by atoms with van der Waals surface area (Å²) in [6.45, 7) is 4.25. The topological polar surface area (TPSA) is 17.1 Å². The standard InChI is InChI=1S/C19H22O/c1-3-5-16-8-11-18(12-9-16)19(20)13-10-17-7-4-6-15(2)14-17/h4,6-9,11-12,14H,3,5,10,13H2,1-2H3. The van der Waals surface area contributed by atoms with Gasteiger partial charge in [0.15, 0.2) is 5.78 Å². The second kappa shape index (κ2) is 7.04. The van der Waals surface area contributed by atoms with Gasteiger partial charge in [-0.3, -0.25) is 4.79 Å². The largest absolute Gasteiger partial charge is 0.294 e. The molecular weight excluding hydrogens is 244 g/mol. The van der Waals surface area contributed by atoms with Crippen LogP contribution < -0.4 is 0 Å². The molecule has 1 nitrogen and oxygen atoms in total. The fraction of sp³-hybridized carbons (Fsp3) is 0.316. The average molecular weight is 266 g/mol. The van der Waals surface area contributed by atoms with Gasteiger partial charge in [-0.25, -0.2) is 0 Å². The van der Waals surface area contributed by atoms with Gasteiger partial charge in [-0.2, -0.15) is 0 Å². The molecule has 0 spiro atoms. The summed E-state index contributed by atoms with van der Waals surface area (Å²) in [4.78, 5) is 12.2. The highest BCUT2D eigenvalue weighted by Gasteiger charge is 2.06. The summed E-state index contributed by atoms with van der Waals surface area (Å²) in [5, 5.41) is 0. The predicted molar refractivity (Wildman–Crippen MR) is 84.3 cm³/mol. The number of Topliss-reactive ketones (excluding diaryl/α,β-unsaturated/α-hetero) is 1. The quantitative estimate of drug-likeness (QED) is 0.689. The lowest BCUT2D eigenvalue weighted by Gasteiger charge is -2.04. The molecule has 1 heteroatoms. The highest BCUT2D eigenvalue weighted by atomic mass is 16.1. The first-order valence-electron chi connectivity index (χ1n) is 7.36. The summed E-state index contributed by atoms with van der Waals surface area (Å²) in [7, 11) is 0. The molecule has 2 rings (SSSR count). The molecular formula is C19H22O. The van der Waals surface area contributed by atoms with Crippen LogP contribution >= 0.6 is 0 Å². The molecule has 104 valence electrons. The van der Waals surface area contributed by atoms with Gasteiger partial charge in [0.05, 0.1) is 0 Å². The second-order valence-electron chi connectivity index (χ2n) is 5.36. The molecule has 2 aromatic rings. The number of rotatable bonds is 6. The molecule has 2 aromatic carbocycles. The van der Waals surface area contributed by atoms with E-state index in [0.717, 1.165) is 24.8 Å². The summed E-state index contributed by atoms with van der Waals surface area (Å²) in [5.74, 6) is 0.231. The lowest BCUT2D eigenvalue weighted by Crippen LogP contribution is -2.01. The van der Waals surface area contributed by atoms with Crippen LogP contribution in [-0.2, 0) is 12.8 Å². The Kier molecular flexibility index (Phi) is 5.11. The van der Waals surface area contributed by atoms with Crippen LogP contribution in [0.1, 0.15) is 46.8 Å². The monoisotopic (exact) mass is 266 g/mol. The molecule has 0 saturated carbocycles. The van der Waals surface area contributed by atoms with Gasteiger partial charge in [0, 0.05) is 12.0 Å². The van der Waals surface area contributed by atoms with Gasteiger partial charge in [-0.05, 0) is 30.9 Å². The number of hydrogen-bond acceptors (Lipinski definition) is 1. The molecule has 0 aliphatic carbocycles. The summed E-state index contributed by atoms with van der Waals surface area (Å²) >= 11 is 0. The molecule has 0 aliphatic rings. The van der Waals surface area contributed by atoms with Crippen molar-refractivity contribution < 1.29 is 4.79 Å². The molecule has 0 amide bonds. The molecule has 0 N–H and O–H groups in total. The van der Waals surface area contributed by atoms with E-state index in [9.17, 15) is 4.79 Å². The Bertz CT molecular complexity index is 567. The number of ketones is 1. The van der Waals surface area contributed by atoms with Gasteiger partial charge in [0.25, 0.3) is 0 Å². The minimum atomic E-state index is 0.231. The van der Waals surface area contributed by atoms with Crippen molar-refractivity contribution in [3.8, 4) is 0 Å². The van der Waals surface area contributed by atoms with Crippen LogP contribution in [0.15, 0.2) is 48.5 Å². The fourth-order valence-electron chi connectivity index (χ4n) is 2.42. The third kappa shape index (κ3) is 4.06. The first-order chi connectivity index (χ1) is 9.69. The van der Waals surface area contributed by atoms with Crippen molar-refractivity contribution in [1.29, 1.82) is 0 Å². The third-order valence-corrected chi connectivity index (χ3v) is 3.54. The molecule has 0 fully saturated rings. The van der Waals surface area contributed by atoms with Crippen LogP contribution in [0.5, 0.6) is 0 Å². The lowest BCUT2D eigenvalue weighted by atomic mass is 10.00. The van der Waals surface area contributed by atoms with E-state index in [1.54, 1.807) is 0 Å². The minimum Gasteiger partial charge on any atom is -0.294 e. The van der Waals surface area contributed by atoms with Crippen molar-refractivity contribution in [2.45, 2.75) is 39.5 Å². The zero-order valence-corrected chi connectivity index (χ0v) is 12.4. The van der Waals surface area contributed by atoms with Gasteiger partial charge < -0.3 is 0 Å². The number of aryl methyl sites for hydroxylation is 3. The van der Waals surface area contributed by atoms with Gasteiger partial charge in [-0.1, -0.05) is 67.4 Å². The Morgan fingerprint density at radius 2 is 1.70 bits per heavy atom. The number of benzene rings is 2. The smallest absolute Gasteiger partial charge is 0.163 e. The molecule has 0 aliphatic heterocycles. The highest BCUT2D eigenvalue weighted by Crippen LogP contribution is 2.12. The molecule has 0 radical (unpaired) electrons. The first kappa shape index (κ1) is 14.5. The van der Waals surface area contributed by atoms with E-state index < -0.39 is 0 Å².